The van der Waals surface area contributed by atoms with E-state index in [0.717, 1.165) is 50.1 Å². The number of rotatable bonds is 4. The summed E-state index contributed by atoms with van der Waals surface area (Å²) < 4.78 is 8.57. The van der Waals surface area contributed by atoms with Crippen LogP contribution in [-0.2, 0) is 0 Å². The molecule has 0 N–H and O–H groups in total. The van der Waals surface area contributed by atoms with Crippen molar-refractivity contribution in [1.82, 2.24) is 4.57 Å². The molecule has 0 saturated heterocycles. The highest BCUT2D eigenvalue weighted by Crippen LogP contribution is 2.44. The van der Waals surface area contributed by atoms with Crippen LogP contribution in [0.4, 0.5) is 17.1 Å². The molecule has 43 heavy (non-hydrogen) atoms. The quantitative estimate of drug-likeness (QED) is 0.217. The van der Waals surface area contributed by atoms with E-state index in [0.29, 0.717) is 0 Å². The Morgan fingerprint density at radius 1 is 0.442 bits per heavy atom. The van der Waals surface area contributed by atoms with Crippen molar-refractivity contribution in [3.05, 3.63) is 158 Å². The highest BCUT2D eigenvalue weighted by atomic mass is 16.3. The average Bonchev–Trinajstić information content (AvgIpc) is 3.60. The number of benzene rings is 7. The van der Waals surface area contributed by atoms with Gasteiger partial charge >= 0.3 is 0 Å². The first-order valence-electron chi connectivity index (χ1n) is 14.6. The van der Waals surface area contributed by atoms with Crippen molar-refractivity contribution in [3.8, 4) is 5.69 Å². The van der Waals surface area contributed by atoms with Crippen LogP contribution in [0.25, 0.3) is 60.2 Å². The van der Waals surface area contributed by atoms with Crippen molar-refractivity contribution < 1.29 is 4.42 Å². The van der Waals surface area contributed by atoms with Crippen molar-refractivity contribution in [1.29, 1.82) is 0 Å². The topological polar surface area (TPSA) is 21.3 Å². The van der Waals surface area contributed by atoms with Crippen molar-refractivity contribution in [3.63, 3.8) is 0 Å². The predicted molar refractivity (Wildman–Crippen MR) is 180 cm³/mol. The number of nitrogens with zero attached hydrogens (tertiary/aromatic N) is 2. The minimum atomic E-state index is 0.917. The molecular formula is C40H26N2O. The maximum absolute atomic E-state index is 6.19. The Labute approximate surface area is 248 Å². The van der Waals surface area contributed by atoms with Crippen LogP contribution in [0.5, 0.6) is 0 Å². The third-order valence-electron chi connectivity index (χ3n) is 8.52. The molecule has 0 aliphatic carbocycles. The van der Waals surface area contributed by atoms with Crippen LogP contribution < -0.4 is 4.90 Å². The molecule has 202 valence electrons. The zero-order valence-corrected chi connectivity index (χ0v) is 23.3. The first-order valence-corrected chi connectivity index (χ1v) is 14.6. The SMILES string of the molecule is c1ccc(N(c2ccc3cc4oc5ccccc5c4cc3c2)c2cccc3c2c2ccccc2n3-c2ccccc2)cc1. The predicted octanol–water partition coefficient (Wildman–Crippen LogP) is 11.3. The zero-order chi connectivity index (χ0) is 28.3. The van der Waals surface area contributed by atoms with E-state index >= 15 is 0 Å². The fraction of sp³-hybridized carbons (Fsp3) is 0. The molecule has 0 unspecified atom stereocenters. The lowest BCUT2D eigenvalue weighted by molar-refractivity contribution is 0.669. The van der Waals surface area contributed by atoms with E-state index in [4.69, 9.17) is 4.42 Å². The van der Waals surface area contributed by atoms with Gasteiger partial charge in [0.15, 0.2) is 0 Å². The van der Waals surface area contributed by atoms with Gasteiger partial charge in [0, 0.05) is 38.6 Å². The molecule has 2 aromatic heterocycles. The molecule has 7 aromatic carbocycles. The molecule has 3 heteroatoms. The average molecular weight is 551 g/mol. The number of hydrogen-bond acceptors (Lipinski definition) is 2. The molecule has 9 aromatic rings. The van der Waals surface area contributed by atoms with Crippen molar-refractivity contribution in [2.75, 3.05) is 4.90 Å². The monoisotopic (exact) mass is 550 g/mol. The molecule has 2 heterocycles. The fourth-order valence-electron chi connectivity index (χ4n) is 6.64. The molecule has 0 atom stereocenters. The number of anilines is 3. The van der Waals surface area contributed by atoms with E-state index in [1.165, 1.54) is 27.2 Å². The minimum Gasteiger partial charge on any atom is -0.456 e. The van der Waals surface area contributed by atoms with Crippen LogP contribution in [0, 0.1) is 0 Å². The molecule has 0 saturated carbocycles. The molecule has 0 spiro atoms. The van der Waals surface area contributed by atoms with Crippen molar-refractivity contribution in [2.45, 2.75) is 0 Å². The van der Waals surface area contributed by atoms with Gasteiger partial charge in [-0.1, -0.05) is 84.9 Å². The number of furan rings is 1. The second-order valence-electron chi connectivity index (χ2n) is 11.0. The standard InChI is InChI=1S/C40H26N2O/c1-3-12-29(13-4-1)41(31-23-22-27-26-39-34(25-28(27)24-31)32-16-8-10-21-38(32)43-39)36-19-11-20-37-40(36)33-17-7-9-18-35(33)42(37)30-14-5-2-6-15-30/h1-26H. The molecule has 0 fully saturated rings. The summed E-state index contributed by atoms with van der Waals surface area (Å²) in [6.07, 6.45) is 0. The highest BCUT2D eigenvalue weighted by Gasteiger charge is 2.21. The van der Waals surface area contributed by atoms with E-state index in [1.54, 1.807) is 0 Å². The highest BCUT2D eigenvalue weighted by molar-refractivity contribution is 6.17. The summed E-state index contributed by atoms with van der Waals surface area (Å²) in [6, 6.07) is 56.1. The molecular weight excluding hydrogens is 524 g/mol. The Balaban J connectivity index is 1.33. The molecule has 3 nitrogen and oxygen atoms in total. The first kappa shape index (κ1) is 23.9. The molecule has 0 aliphatic heterocycles. The van der Waals surface area contributed by atoms with Crippen LogP contribution >= 0.6 is 0 Å². The summed E-state index contributed by atoms with van der Waals surface area (Å²) in [7, 11) is 0. The Morgan fingerprint density at radius 2 is 1.16 bits per heavy atom. The van der Waals surface area contributed by atoms with Gasteiger partial charge < -0.3 is 13.9 Å². The van der Waals surface area contributed by atoms with Gasteiger partial charge in [0.25, 0.3) is 0 Å². The van der Waals surface area contributed by atoms with Gasteiger partial charge in [0.05, 0.1) is 16.7 Å². The van der Waals surface area contributed by atoms with Gasteiger partial charge in [-0.2, -0.15) is 0 Å². The normalized spacial score (nSPS) is 11.7. The maximum Gasteiger partial charge on any atom is 0.136 e. The Bertz CT molecular complexity index is 2450. The number of hydrogen-bond donors (Lipinski definition) is 0. The lowest BCUT2D eigenvalue weighted by atomic mass is 10.0. The minimum absolute atomic E-state index is 0.917. The van der Waals surface area contributed by atoms with Crippen molar-refractivity contribution >= 4 is 71.6 Å². The smallest absolute Gasteiger partial charge is 0.136 e. The van der Waals surface area contributed by atoms with Gasteiger partial charge in [-0.05, 0) is 83.6 Å². The Hall–Kier alpha value is -5.80. The van der Waals surface area contributed by atoms with Gasteiger partial charge in [-0.25, -0.2) is 0 Å². The van der Waals surface area contributed by atoms with E-state index < -0.39 is 0 Å². The molecule has 0 amide bonds. The number of fused-ring (bicyclic) bond motifs is 7. The molecule has 0 radical (unpaired) electrons. The molecule has 0 bridgehead atoms. The molecule has 9 rings (SSSR count). The lowest BCUT2D eigenvalue weighted by Crippen LogP contribution is -2.10. The van der Waals surface area contributed by atoms with E-state index in [9.17, 15) is 0 Å². The van der Waals surface area contributed by atoms with E-state index in [1.807, 2.05) is 12.1 Å². The summed E-state index contributed by atoms with van der Waals surface area (Å²) in [4.78, 5) is 2.39. The van der Waals surface area contributed by atoms with E-state index in [2.05, 4.69) is 155 Å². The second-order valence-corrected chi connectivity index (χ2v) is 11.0. The van der Waals surface area contributed by atoms with Crippen molar-refractivity contribution in [2.24, 2.45) is 0 Å². The van der Waals surface area contributed by atoms with Gasteiger partial charge in [-0.15, -0.1) is 0 Å². The van der Waals surface area contributed by atoms with Gasteiger partial charge in [-0.3, -0.25) is 0 Å². The number of para-hydroxylation sites is 4. The van der Waals surface area contributed by atoms with Crippen LogP contribution in [-0.4, -0.2) is 4.57 Å². The first-order chi connectivity index (χ1) is 21.3. The third-order valence-corrected chi connectivity index (χ3v) is 8.52. The number of aromatic nitrogens is 1. The maximum atomic E-state index is 6.19. The third kappa shape index (κ3) is 3.68. The summed E-state index contributed by atoms with van der Waals surface area (Å²) in [5.41, 5.74) is 8.72. The van der Waals surface area contributed by atoms with Crippen LogP contribution in [0.1, 0.15) is 0 Å². The van der Waals surface area contributed by atoms with Crippen LogP contribution in [0.3, 0.4) is 0 Å². The second kappa shape index (κ2) is 9.37. The Kier molecular flexibility index (Phi) is 5.20. The van der Waals surface area contributed by atoms with Crippen LogP contribution in [0.2, 0.25) is 0 Å². The summed E-state index contributed by atoms with van der Waals surface area (Å²) in [5, 5.41) is 7.06. The summed E-state index contributed by atoms with van der Waals surface area (Å²) in [5.74, 6) is 0. The van der Waals surface area contributed by atoms with Gasteiger partial charge in [0.1, 0.15) is 11.2 Å². The summed E-state index contributed by atoms with van der Waals surface area (Å²) >= 11 is 0. The lowest BCUT2D eigenvalue weighted by Gasteiger charge is -2.27. The largest absolute Gasteiger partial charge is 0.456 e. The molecule has 0 aliphatic rings. The fourth-order valence-corrected chi connectivity index (χ4v) is 6.64. The van der Waals surface area contributed by atoms with Gasteiger partial charge in [0.2, 0.25) is 0 Å². The van der Waals surface area contributed by atoms with Crippen LogP contribution in [0.15, 0.2) is 162 Å². The van der Waals surface area contributed by atoms with E-state index in [-0.39, 0.29) is 0 Å². The Morgan fingerprint density at radius 3 is 2.02 bits per heavy atom. The zero-order valence-electron chi connectivity index (χ0n) is 23.3. The summed E-state index contributed by atoms with van der Waals surface area (Å²) in [6.45, 7) is 0.